The second-order valence-corrected chi connectivity index (χ2v) is 2.65. The summed E-state index contributed by atoms with van der Waals surface area (Å²) >= 11 is 4.04. The number of nitrogens with zero attached hydrogens (tertiary/aromatic N) is 2. The Morgan fingerprint density at radius 1 is 1.73 bits per heavy atom. The molecular weight excluding hydrogens is 156 g/mol. The second kappa shape index (κ2) is 4.09. The number of aromatic nitrogens is 2. The van der Waals surface area contributed by atoms with Gasteiger partial charge in [0.1, 0.15) is 5.69 Å². The van der Waals surface area contributed by atoms with Crippen molar-refractivity contribution >= 4 is 12.6 Å². The van der Waals surface area contributed by atoms with E-state index < -0.39 is 0 Å². The average Bonchev–Trinajstić information content (AvgIpc) is 2.37. The van der Waals surface area contributed by atoms with Crippen molar-refractivity contribution < 1.29 is 0 Å². The van der Waals surface area contributed by atoms with Crippen LogP contribution >= 0.6 is 12.6 Å². The molecule has 1 heterocycles. The van der Waals surface area contributed by atoms with Gasteiger partial charge in [0.05, 0.1) is 6.33 Å². The molecule has 0 saturated heterocycles. The molecule has 2 nitrogen and oxygen atoms in total. The van der Waals surface area contributed by atoms with Gasteiger partial charge in [-0.3, -0.25) is 0 Å². The Morgan fingerprint density at radius 3 is 3.09 bits per heavy atom. The summed E-state index contributed by atoms with van der Waals surface area (Å²) in [5.41, 5.74) is 0.828. The van der Waals surface area contributed by atoms with Gasteiger partial charge in [0.2, 0.25) is 0 Å². The number of hydrogen-bond acceptors (Lipinski definition) is 2. The fourth-order valence-electron chi connectivity index (χ4n) is 0.686. The highest BCUT2D eigenvalue weighted by Gasteiger charge is 1.87. The van der Waals surface area contributed by atoms with Crippen LogP contribution in [0.3, 0.4) is 0 Å². The molecule has 11 heavy (non-hydrogen) atoms. The van der Waals surface area contributed by atoms with Crippen molar-refractivity contribution in [3.8, 4) is 11.8 Å². The molecule has 1 aromatic rings. The molecule has 0 spiro atoms. The summed E-state index contributed by atoms with van der Waals surface area (Å²) in [6.45, 7) is 0. The van der Waals surface area contributed by atoms with Gasteiger partial charge in [-0.1, -0.05) is 5.92 Å². The van der Waals surface area contributed by atoms with Crippen molar-refractivity contribution in [3.05, 3.63) is 18.2 Å². The summed E-state index contributed by atoms with van der Waals surface area (Å²) in [5, 5.41) is 0. The summed E-state index contributed by atoms with van der Waals surface area (Å²) in [6.07, 6.45) is 4.45. The molecule has 0 bridgehead atoms. The molecule has 0 saturated carbocycles. The monoisotopic (exact) mass is 166 g/mol. The van der Waals surface area contributed by atoms with Crippen molar-refractivity contribution in [2.45, 2.75) is 6.42 Å². The summed E-state index contributed by atoms with van der Waals surface area (Å²) < 4.78 is 1.88. The van der Waals surface area contributed by atoms with Crippen LogP contribution in [-0.4, -0.2) is 15.3 Å². The normalized spacial score (nSPS) is 8.91. The maximum Gasteiger partial charge on any atom is 0.131 e. The van der Waals surface area contributed by atoms with Crippen molar-refractivity contribution in [2.75, 3.05) is 5.75 Å². The summed E-state index contributed by atoms with van der Waals surface area (Å²) in [7, 11) is 1.93. The molecule has 1 aromatic heterocycles. The van der Waals surface area contributed by atoms with E-state index in [0.717, 1.165) is 17.9 Å². The van der Waals surface area contributed by atoms with Crippen molar-refractivity contribution in [2.24, 2.45) is 7.05 Å². The van der Waals surface area contributed by atoms with E-state index in [-0.39, 0.29) is 0 Å². The Morgan fingerprint density at radius 2 is 2.55 bits per heavy atom. The van der Waals surface area contributed by atoms with E-state index in [1.54, 1.807) is 6.33 Å². The van der Waals surface area contributed by atoms with Crippen LogP contribution < -0.4 is 0 Å². The lowest BCUT2D eigenvalue weighted by atomic mass is 10.4. The predicted molar refractivity (Wildman–Crippen MR) is 48.6 cm³/mol. The zero-order chi connectivity index (χ0) is 8.10. The lowest BCUT2D eigenvalue weighted by molar-refractivity contribution is 0.913. The zero-order valence-electron chi connectivity index (χ0n) is 6.41. The van der Waals surface area contributed by atoms with Crippen LogP contribution in [0.15, 0.2) is 12.5 Å². The maximum atomic E-state index is 4.05. The van der Waals surface area contributed by atoms with E-state index in [1.807, 2.05) is 17.8 Å². The minimum Gasteiger partial charge on any atom is -0.339 e. The van der Waals surface area contributed by atoms with Crippen LogP contribution in [0.4, 0.5) is 0 Å². The molecule has 1 rings (SSSR count). The molecule has 0 N–H and O–H groups in total. The minimum atomic E-state index is 0.805. The first-order chi connectivity index (χ1) is 5.33. The molecule has 0 unspecified atom stereocenters. The molecule has 58 valence electrons. The standard InChI is InChI=1S/C8H10N2S/c1-10-6-8(9-7-10)4-2-3-5-11/h6-7,11H,3,5H2,1H3. The number of imidazole rings is 1. The third-order valence-electron chi connectivity index (χ3n) is 1.16. The van der Waals surface area contributed by atoms with E-state index in [0.29, 0.717) is 0 Å². The van der Waals surface area contributed by atoms with Gasteiger partial charge in [0, 0.05) is 25.4 Å². The third kappa shape index (κ3) is 2.69. The Hall–Kier alpha value is -0.880. The van der Waals surface area contributed by atoms with Crippen molar-refractivity contribution in [1.29, 1.82) is 0 Å². The summed E-state index contributed by atoms with van der Waals surface area (Å²) in [4.78, 5) is 4.05. The molecular formula is C8H10N2S. The molecule has 0 radical (unpaired) electrons. The maximum absolute atomic E-state index is 4.05. The third-order valence-corrected chi connectivity index (χ3v) is 1.38. The topological polar surface area (TPSA) is 17.8 Å². The first kappa shape index (κ1) is 8.22. The van der Waals surface area contributed by atoms with Crippen molar-refractivity contribution in [3.63, 3.8) is 0 Å². The number of rotatable bonds is 1. The molecule has 0 aliphatic heterocycles. The Labute approximate surface area is 72.0 Å². The lowest BCUT2D eigenvalue weighted by Crippen LogP contribution is -1.77. The molecule has 3 heteroatoms. The highest BCUT2D eigenvalue weighted by atomic mass is 32.1. The smallest absolute Gasteiger partial charge is 0.131 e. The fraction of sp³-hybridized carbons (Fsp3) is 0.375. The number of thiol groups is 1. The van der Waals surface area contributed by atoms with Gasteiger partial charge >= 0.3 is 0 Å². The Kier molecular flexibility index (Phi) is 3.06. The molecule has 0 aromatic carbocycles. The highest BCUT2D eigenvalue weighted by molar-refractivity contribution is 7.80. The molecule has 0 fully saturated rings. The Bertz CT molecular complexity index is 280. The lowest BCUT2D eigenvalue weighted by Gasteiger charge is -1.79. The molecule has 0 aliphatic rings. The van der Waals surface area contributed by atoms with Gasteiger partial charge in [-0.05, 0) is 5.92 Å². The summed E-state index contributed by atoms with van der Waals surface area (Å²) in [5.74, 6) is 6.70. The molecule has 0 aliphatic carbocycles. The van der Waals surface area contributed by atoms with Crippen LogP contribution in [0.1, 0.15) is 12.1 Å². The van der Waals surface area contributed by atoms with Gasteiger partial charge in [-0.15, -0.1) is 0 Å². The van der Waals surface area contributed by atoms with Gasteiger partial charge in [0.25, 0.3) is 0 Å². The zero-order valence-corrected chi connectivity index (χ0v) is 7.30. The Balaban J connectivity index is 2.59. The van der Waals surface area contributed by atoms with Crippen LogP contribution in [0.25, 0.3) is 0 Å². The largest absolute Gasteiger partial charge is 0.339 e. The average molecular weight is 166 g/mol. The van der Waals surface area contributed by atoms with E-state index >= 15 is 0 Å². The predicted octanol–water partition coefficient (Wildman–Crippen LogP) is 1.09. The molecule has 0 atom stereocenters. The van der Waals surface area contributed by atoms with Crippen LogP contribution in [0.5, 0.6) is 0 Å². The number of hydrogen-bond donors (Lipinski definition) is 1. The van der Waals surface area contributed by atoms with E-state index in [9.17, 15) is 0 Å². The second-order valence-electron chi connectivity index (χ2n) is 2.20. The van der Waals surface area contributed by atoms with Gasteiger partial charge < -0.3 is 4.57 Å². The quantitative estimate of drug-likeness (QED) is 0.488. The van der Waals surface area contributed by atoms with E-state index in [1.165, 1.54) is 0 Å². The van der Waals surface area contributed by atoms with Crippen molar-refractivity contribution in [1.82, 2.24) is 9.55 Å². The first-order valence-corrected chi connectivity index (χ1v) is 4.04. The van der Waals surface area contributed by atoms with E-state index in [4.69, 9.17) is 0 Å². The number of aryl methyl sites for hydroxylation is 1. The SMILES string of the molecule is Cn1cnc(C#CCCS)c1. The minimum absolute atomic E-state index is 0.805. The fourth-order valence-corrected chi connectivity index (χ4v) is 0.798. The molecule has 0 amide bonds. The highest BCUT2D eigenvalue weighted by Crippen LogP contribution is 1.90. The van der Waals surface area contributed by atoms with Gasteiger partial charge in [0.15, 0.2) is 0 Å². The van der Waals surface area contributed by atoms with Gasteiger partial charge in [-0.2, -0.15) is 12.6 Å². The first-order valence-electron chi connectivity index (χ1n) is 3.40. The summed E-state index contributed by atoms with van der Waals surface area (Å²) in [6, 6.07) is 0. The van der Waals surface area contributed by atoms with E-state index in [2.05, 4.69) is 29.5 Å². The van der Waals surface area contributed by atoms with Crippen LogP contribution in [-0.2, 0) is 7.05 Å². The van der Waals surface area contributed by atoms with Crippen LogP contribution in [0.2, 0.25) is 0 Å². The van der Waals surface area contributed by atoms with Gasteiger partial charge in [-0.25, -0.2) is 4.98 Å². The van der Waals surface area contributed by atoms with Crippen LogP contribution in [0, 0.1) is 11.8 Å².